The highest BCUT2D eigenvalue weighted by atomic mass is 35.5. The summed E-state index contributed by atoms with van der Waals surface area (Å²) in [5, 5.41) is 0.873. The summed E-state index contributed by atoms with van der Waals surface area (Å²) in [6.07, 6.45) is 3.33. The van der Waals surface area contributed by atoms with Crippen LogP contribution in [0.4, 0.5) is 0 Å². The van der Waals surface area contributed by atoms with Crippen molar-refractivity contribution in [3.63, 3.8) is 0 Å². The second-order valence-electron chi connectivity index (χ2n) is 3.71. The quantitative estimate of drug-likeness (QED) is 0.761. The molecule has 0 saturated heterocycles. The van der Waals surface area contributed by atoms with E-state index in [0.717, 1.165) is 30.8 Å². The molecule has 1 rings (SSSR count). The molecule has 0 fully saturated rings. The molecule has 78 valence electrons. The van der Waals surface area contributed by atoms with Crippen molar-refractivity contribution in [2.75, 3.05) is 6.54 Å². The van der Waals surface area contributed by atoms with Gasteiger partial charge in [0.15, 0.2) is 0 Å². The van der Waals surface area contributed by atoms with Gasteiger partial charge in [0.1, 0.15) is 0 Å². The van der Waals surface area contributed by atoms with Gasteiger partial charge < -0.3 is 5.73 Å². The Morgan fingerprint density at radius 3 is 2.57 bits per heavy atom. The van der Waals surface area contributed by atoms with E-state index in [9.17, 15) is 0 Å². The van der Waals surface area contributed by atoms with Crippen LogP contribution in [0.1, 0.15) is 29.5 Å². The van der Waals surface area contributed by atoms with Crippen molar-refractivity contribution in [2.45, 2.75) is 33.1 Å². The van der Waals surface area contributed by atoms with Crippen molar-refractivity contribution in [3.05, 3.63) is 33.8 Å². The second-order valence-corrected chi connectivity index (χ2v) is 4.12. The predicted octanol–water partition coefficient (Wildman–Crippen LogP) is 3.24. The lowest BCUT2D eigenvalue weighted by Crippen LogP contribution is -2.01. The Balaban J connectivity index is 2.79. The fourth-order valence-corrected chi connectivity index (χ4v) is 1.87. The second kappa shape index (κ2) is 5.38. The molecular weight excluding hydrogens is 194 g/mol. The van der Waals surface area contributed by atoms with Gasteiger partial charge in [0.25, 0.3) is 0 Å². The number of hydrogen-bond acceptors (Lipinski definition) is 1. The standard InChI is InChI=1S/C12H18ClN/c1-9-6-7-12(13)10(2)11(9)5-3-4-8-14/h6-7H,3-5,8,14H2,1-2H3. The van der Waals surface area contributed by atoms with Crippen LogP contribution >= 0.6 is 11.6 Å². The van der Waals surface area contributed by atoms with Gasteiger partial charge in [-0.1, -0.05) is 17.7 Å². The molecule has 2 heteroatoms. The molecule has 0 atom stereocenters. The van der Waals surface area contributed by atoms with Crippen LogP contribution in [0.2, 0.25) is 5.02 Å². The summed E-state index contributed by atoms with van der Waals surface area (Å²) in [6, 6.07) is 4.06. The van der Waals surface area contributed by atoms with Crippen LogP contribution in [-0.2, 0) is 6.42 Å². The van der Waals surface area contributed by atoms with Gasteiger partial charge in [-0.15, -0.1) is 0 Å². The molecule has 14 heavy (non-hydrogen) atoms. The first kappa shape index (κ1) is 11.5. The first-order valence-corrected chi connectivity index (χ1v) is 5.49. The maximum atomic E-state index is 6.07. The Kier molecular flexibility index (Phi) is 4.43. The smallest absolute Gasteiger partial charge is 0.0438 e. The predicted molar refractivity (Wildman–Crippen MR) is 62.9 cm³/mol. The molecule has 0 saturated carbocycles. The first-order valence-electron chi connectivity index (χ1n) is 5.11. The van der Waals surface area contributed by atoms with Crippen molar-refractivity contribution in [2.24, 2.45) is 5.73 Å². The topological polar surface area (TPSA) is 26.0 Å². The molecular formula is C12H18ClN. The van der Waals surface area contributed by atoms with E-state index >= 15 is 0 Å². The Morgan fingerprint density at radius 1 is 1.21 bits per heavy atom. The van der Waals surface area contributed by atoms with Crippen molar-refractivity contribution >= 4 is 11.6 Å². The third-order valence-corrected chi connectivity index (χ3v) is 3.06. The molecule has 0 amide bonds. The number of aryl methyl sites for hydroxylation is 1. The van der Waals surface area contributed by atoms with Gasteiger partial charge in [-0.05, 0) is 62.4 Å². The Hall–Kier alpha value is -0.530. The van der Waals surface area contributed by atoms with Gasteiger partial charge in [-0.3, -0.25) is 0 Å². The zero-order valence-electron chi connectivity index (χ0n) is 8.94. The molecule has 0 heterocycles. The molecule has 0 bridgehead atoms. The van der Waals surface area contributed by atoms with Crippen molar-refractivity contribution in [3.8, 4) is 0 Å². The molecule has 0 unspecified atom stereocenters. The van der Waals surface area contributed by atoms with Crippen LogP contribution in [0.3, 0.4) is 0 Å². The van der Waals surface area contributed by atoms with E-state index in [4.69, 9.17) is 17.3 Å². The molecule has 0 radical (unpaired) electrons. The number of nitrogens with two attached hydrogens (primary N) is 1. The van der Waals surface area contributed by atoms with Crippen LogP contribution in [0.5, 0.6) is 0 Å². The Bertz CT molecular complexity index is 307. The van der Waals surface area contributed by atoms with Gasteiger partial charge in [-0.25, -0.2) is 0 Å². The highest BCUT2D eigenvalue weighted by Gasteiger charge is 2.05. The SMILES string of the molecule is Cc1ccc(Cl)c(C)c1CCCCN. The maximum absolute atomic E-state index is 6.07. The summed E-state index contributed by atoms with van der Waals surface area (Å²) in [5.41, 5.74) is 9.43. The average molecular weight is 212 g/mol. The molecule has 0 spiro atoms. The average Bonchev–Trinajstić information content (AvgIpc) is 2.18. The van der Waals surface area contributed by atoms with E-state index in [1.165, 1.54) is 16.7 Å². The first-order chi connectivity index (χ1) is 6.66. The van der Waals surface area contributed by atoms with Gasteiger partial charge in [-0.2, -0.15) is 0 Å². The molecule has 0 aliphatic heterocycles. The molecule has 1 aromatic rings. The highest BCUT2D eigenvalue weighted by molar-refractivity contribution is 6.31. The Morgan fingerprint density at radius 2 is 1.93 bits per heavy atom. The Labute approximate surface area is 91.3 Å². The lowest BCUT2D eigenvalue weighted by Gasteiger charge is -2.10. The summed E-state index contributed by atoms with van der Waals surface area (Å²) in [6.45, 7) is 5.01. The summed E-state index contributed by atoms with van der Waals surface area (Å²) >= 11 is 6.07. The van der Waals surface area contributed by atoms with Crippen LogP contribution in [0, 0.1) is 13.8 Å². The molecule has 1 aromatic carbocycles. The van der Waals surface area contributed by atoms with Gasteiger partial charge >= 0.3 is 0 Å². The minimum Gasteiger partial charge on any atom is -0.330 e. The van der Waals surface area contributed by atoms with Crippen molar-refractivity contribution in [1.82, 2.24) is 0 Å². The lowest BCUT2D eigenvalue weighted by molar-refractivity contribution is 0.740. The van der Waals surface area contributed by atoms with Crippen molar-refractivity contribution in [1.29, 1.82) is 0 Å². The molecule has 0 aliphatic rings. The number of hydrogen-bond donors (Lipinski definition) is 1. The largest absolute Gasteiger partial charge is 0.330 e. The van der Waals surface area contributed by atoms with E-state index in [0.29, 0.717) is 0 Å². The van der Waals surface area contributed by atoms with Gasteiger partial charge in [0.2, 0.25) is 0 Å². The van der Waals surface area contributed by atoms with Crippen LogP contribution in [0.25, 0.3) is 0 Å². The highest BCUT2D eigenvalue weighted by Crippen LogP contribution is 2.23. The van der Waals surface area contributed by atoms with Crippen LogP contribution in [0.15, 0.2) is 12.1 Å². The number of unbranched alkanes of at least 4 members (excludes halogenated alkanes) is 1. The third-order valence-electron chi connectivity index (χ3n) is 2.65. The fourth-order valence-electron chi connectivity index (χ4n) is 1.69. The molecule has 1 nitrogen and oxygen atoms in total. The number of halogens is 1. The van der Waals surface area contributed by atoms with E-state index in [2.05, 4.69) is 19.9 Å². The van der Waals surface area contributed by atoms with Gasteiger partial charge in [0.05, 0.1) is 0 Å². The lowest BCUT2D eigenvalue weighted by atomic mass is 9.98. The summed E-state index contributed by atoms with van der Waals surface area (Å²) in [5.74, 6) is 0. The molecule has 2 N–H and O–H groups in total. The van der Waals surface area contributed by atoms with Crippen molar-refractivity contribution < 1.29 is 0 Å². The third kappa shape index (κ3) is 2.73. The van der Waals surface area contributed by atoms with E-state index in [1.54, 1.807) is 0 Å². The zero-order chi connectivity index (χ0) is 10.6. The normalized spacial score (nSPS) is 10.6. The number of rotatable bonds is 4. The summed E-state index contributed by atoms with van der Waals surface area (Å²) < 4.78 is 0. The van der Waals surface area contributed by atoms with Crippen LogP contribution in [-0.4, -0.2) is 6.54 Å². The molecule has 0 aliphatic carbocycles. The summed E-state index contributed by atoms with van der Waals surface area (Å²) in [4.78, 5) is 0. The monoisotopic (exact) mass is 211 g/mol. The maximum Gasteiger partial charge on any atom is 0.0438 e. The van der Waals surface area contributed by atoms with E-state index in [-0.39, 0.29) is 0 Å². The minimum absolute atomic E-state index is 0.776. The van der Waals surface area contributed by atoms with Crippen LogP contribution < -0.4 is 5.73 Å². The van der Waals surface area contributed by atoms with Gasteiger partial charge in [0, 0.05) is 5.02 Å². The van der Waals surface area contributed by atoms with E-state index in [1.807, 2.05) is 6.07 Å². The minimum atomic E-state index is 0.776. The van der Waals surface area contributed by atoms with E-state index < -0.39 is 0 Å². The fraction of sp³-hybridized carbons (Fsp3) is 0.500. The summed E-state index contributed by atoms with van der Waals surface area (Å²) in [7, 11) is 0. The molecule has 0 aromatic heterocycles. The number of benzene rings is 1. The zero-order valence-corrected chi connectivity index (χ0v) is 9.69.